The van der Waals surface area contributed by atoms with E-state index in [1.165, 1.54) is 16.7 Å². The summed E-state index contributed by atoms with van der Waals surface area (Å²) in [5, 5.41) is 8.08. The lowest BCUT2D eigenvalue weighted by Crippen LogP contribution is -2.42. The normalized spacial score (nSPS) is 16.3. The second-order valence-electron chi connectivity index (χ2n) is 5.75. The highest BCUT2D eigenvalue weighted by Crippen LogP contribution is 2.23. The Kier molecular flexibility index (Phi) is 4.36. The van der Waals surface area contributed by atoms with E-state index in [0.29, 0.717) is 0 Å². The molecule has 0 bridgehead atoms. The minimum Gasteiger partial charge on any atom is -0.314 e. The van der Waals surface area contributed by atoms with E-state index in [0.717, 1.165) is 44.8 Å². The molecule has 0 atom stereocenters. The van der Waals surface area contributed by atoms with Crippen LogP contribution in [-0.4, -0.2) is 40.9 Å². The van der Waals surface area contributed by atoms with Crippen LogP contribution in [0.15, 0.2) is 30.5 Å². The van der Waals surface area contributed by atoms with E-state index < -0.39 is 0 Å². The van der Waals surface area contributed by atoms with Gasteiger partial charge in [-0.15, -0.1) is 0 Å². The molecule has 21 heavy (non-hydrogen) atoms. The summed E-state index contributed by atoms with van der Waals surface area (Å²) in [7, 11) is 2.01. The first kappa shape index (κ1) is 14.3. The molecule has 0 spiro atoms. The molecule has 4 heteroatoms. The van der Waals surface area contributed by atoms with Gasteiger partial charge in [0.05, 0.1) is 5.69 Å². The minimum atomic E-state index is 0.986. The van der Waals surface area contributed by atoms with Crippen LogP contribution in [0.25, 0.3) is 11.3 Å². The van der Waals surface area contributed by atoms with E-state index in [2.05, 4.69) is 52.7 Å². The predicted octanol–water partition coefficient (Wildman–Crippen LogP) is 2.05. The van der Waals surface area contributed by atoms with Gasteiger partial charge in [0.25, 0.3) is 0 Å². The van der Waals surface area contributed by atoms with Crippen LogP contribution in [0.4, 0.5) is 0 Å². The van der Waals surface area contributed by atoms with E-state index in [9.17, 15) is 0 Å². The molecule has 4 nitrogen and oxygen atoms in total. The van der Waals surface area contributed by atoms with Crippen LogP contribution >= 0.6 is 0 Å². The number of aromatic nitrogens is 2. The number of piperazine rings is 1. The third kappa shape index (κ3) is 3.34. The number of hydrogen-bond acceptors (Lipinski definition) is 3. The molecule has 1 saturated heterocycles. The maximum Gasteiger partial charge on any atom is 0.0968 e. The largest absolute Gasteiger partial charge is 0.314 e. The molecule has 0 unspecified atom stereocenters. The fraction of sp³-hybridized carbons (Fsp3) is 0.471. The van der Waals surface area contributed by atoms with Crippen molar-refractivity contribution >= 4 is 0 Å². The molecule has 112 valence electrons. The Morgan fingerprint density at radius 3 is 2.52 bits per heavy atom. The van der Waals surface area contributed by atoms with Crippen LogP contribution in [0, 0.1) is 0 Å². The van der Waals surface area contributed by atoms with E-state index in [-0.39, 0.29) is 0 Å². The van der Waals surface area contributed by atoms with Gasteiger partial charge in [0.2, 0.25) is 0 Å². The molecular weight excluding hydrogens is 260 g/mol. The van der Waals surface area contributed by atoms with E-state index >= 15 is 0 Å². The Bertz CT molecular complexity index is 579. The van der Waals surface area contributed by atoms with Crippen molar-refractivity contribution in [1.29, 1.82) is 0 Å². The molecule has 1 aliphatic rings. The molecule has 1 aromatic carbocycles. The van der Waals surface area contributed by atoms with Gasteiger partial charge in [0.1, 0.15) is 0 Å². The highest BCUT2D eigenvalue weighted by atomic mass is 15.3. The van der Waals surface area contributed by atoms with Gasteiger partial charge in [0.15, 0.2) is 0 Å². The summed E-state index contributed by atoms with van der Waals surface area (Å²) in [6, 6.07) is 8.81. The Morgan fingerprint density at radius 2 is 1.86 bits per heavy atom. The molecule has 1 aromatic heterocycles. The molecule has 0 amide bonds. The summed E-state index contributed by atoms with van der Waals surface area (Å²) in [6.07, 6.45) is 3.24. The quantitative estimate of drug-likeness (QED) is 0.933. The van der Waals surface area contributed by atoms with Gasteiger partial charge in [-0.2, -0.15) is 5.10 Å². The standard InChI is InChI=1S/C17H24N4/c1-3-14-4-6-15(7-5-14)17-16(12-20(2)19-17)13-21-10-8-18-9-11-21/h4-7,12,18H,3,8-11,13H2,1-2H3. The van der Waals surface area contributed by atoms with Crippen molar-refractivity contribution in [3.05, 3.63) is 41.6 Å². The molecular formula is C17H24N4. The molecule has 1 aliphatic heterocycles. The average molecular weight is 284 g/mol. The zero-order chi connectivity index (χ0) is 14.7. The van der Waals surface area contributed by atoms with Crippen molar-refractivity contribution in [2.45, 2.75) is 19.9 Å². The van der Waals surface area contributed by atoms with Crippen LogP contribution in [0.1, 0.15) is 18.1 Å². The molecule has 0 radical (unpaired) electrons. The summed E-state index contributed by atoms with van der Waals surface area (Å²) >= 11 is 0. The highest BCUT2D eigenvalue weighted by molar-refractivity contribution is 5.63. The SMILES string of the molecule is CCc1ccc(-c2nn(C)cc2CN2CCNCC2)cc1. The summed E-state index contributed by atoms with van der Waals surface area (Å²) in [6.45, 7) is 7.57. The van der Waals surface area contributed by atoms with Crippen LogP contribution in [0.5, 0.6) is 0 Å². The van der Waals surface area contributed by atoms with Gasteiger partial charge in [-0.1, -0.05) is 31.2 Å². The maximum atomic E-state index is 4.68. The number of benzene rings is 1. The third-order valence-corrected chi connectivity index (χ3v) is 4.14. The fourth-order valence-corrected chi connectivity index (χ4v) is 2.90. The number of nitrogens with one attached hydrogen (secondary N) is 1. The number of rotatable bonds is 4. The summed E-state index contributed by atoms with van der Waals surface area (Å²) < 4.78 is 1.93. The minimum absolute atomic E-state index is 0.986. The smallest absolute Gasteiger partial charge is 0.0968 e. The summed E-state index contributed by atoms with van der Waals surface area (Å²) in [5.41, 5.74) is 5.04. The van der Waals surface area contributed by atoms with Gasteiger partial charge in [-0.3, -0.25) is 9.58 Å². The first-order valence-corrected chi connectivity index (χ1v) is 7.81. The lowest BCUT2D eigenvalue weighted by Gasteiger charge is -2.27. The first-order chi connectivity index (χ1) is 10.3. The monoisotopic (exact) mass is 284 g/mol. The topological polar surface area (TPSA) is 33.1 Å². The molecule has 0 saturated carbocycles. The Morgan fingerprint density at radius 1 is 1.14 bits per heavy atom. The van der Waals surface area contributed by atoms with Crippen LogP contribution in [0.2, 0.25) is 0 Å². The van der Waals surface area contributed by atoms with Crippen molar-refractivity contribution in [2.24, 2.45) is 7.05 Å². The fourth-order valence-electron chi connectivity index (χ4n) is 2.90. The molecule has 0 aliphatic carbocycles. The van der Waals surface area contributed by atoms with Crippen molar-refractivity contribution in [2.75, 3.05) is 26.2 Å². The van der Waals surface area contributed by atoms with E-state index in [1.807, 2.05) is 11.7 Å². The maximum absolute atomic E-state index is 4.68. The van der Waals surface area contributed by atoms with Gasteiger partial charge in [-0.25, -0.2) is 0 Å². The Balaban J connectivity index is 1.83. The van der Waals surface area contributed by atoms with Crippen molar-refractivity contribution < 1.29 is 0 Å². The number of nitrogens with zero attached hydrogens (tertiary/aromatic N) is 3. The molecule has 1 fully saturated rings. The second-order valence-corrected chi connectivity index (χ2v) is 5.75. The zero-order valence-electron chi connectivity index (χ0n) is 13.0. The van der Waals surface area contributed by atoms with Crippen LogP contribution in [0.3, 0.4) is 0 Å². The van der Waals surface area contributed by atoms with Gasteiger partial charge in [-0.05, 0) is 12.0 Å². The van der Waals surface area contributed by atoms with Crippen LogP contribution < -0.4 is 5.32 Å². The highest BCUT2D eigenvalue weighted by Gasteiger charge is 2.15. The molecule has 2 heterocycles. The van der Waals surface area contributed by atoms with Crippen LogP contribution in [-0.2, 0) is 20.0 Å². The average Bonchev–Trinajstić information content (AvgIpc) is 2.89. The Labute approximate surface area is 126 Å². The molecule has 2 aromatic rings. The second kappa shape index (κ2) is 6.41. The predicted molar refractivity (Wildman–Crippen MR) is 86.2 cm³/mol. The molecule has 3 rings (SSSR count). The lowest BCUT2D eigenvalue weighted by atomic mass is 10.0. The third-order valence-electron chi connectivity index (χ3n) is 4.14. The summed E-state index contributed by atoms with van der Waals surface area (Å²) in [5.74, 6) is 0. The zero-order valence-corrected chi connectivity index (χ0v) is 13.0. The van der Waals surface area contributed by atoms with Crippen molar-refractivity contribution in [3.8, 4) is 11.3 Å². The number of aryl methyl sites for hydroxylation is 2. The van der Waals surface area contributed by atoms with Crippen molar-refractivity contribution in [3.63, 3.8) is 0 Å². The van der Waals surface area contributed by atoms with Gasteiger partial charge in [0, 0.05) is 57.1 Å². The van der Waals surface area contributed by atoms with E-state index in [4.69, 9.17) is 0 Å². The van der Waals surface area contributed by atoms with Gasteiger partial charge < -0.3 is 5.32 Å². The first-order valence-electron chi connectivity index (χ1n) is 7.81. The lowest BCUT2D eigenvalue weighted by molar-refractivity contribution is 0.233. The van der Waals surface area contributed by atoms with Crippen molar-refractivity contribution in [1.82, 2.24) is 20.0 Å². The Hall–Kier alpha value is -1.65. The van der Waals surface area contributed by atoms with Gasteiger partial charge >= 0.3 is 0 Å². The molecule has 1 N–H and O–H groups in total. The summed E-state index contributed by atoms with van der Waals surface area (Å²) in [4.78, 5) is 2.50. The number of hydrogen-bond donors (Lipinski definition) is 1. The van der Waals surface area contributed by atoms with E-state index in [1.54, 1.807) is 0 Å².